The van der Waals surface area contributed by atoms with Crippen molar-refractivity contribution in [3.63, 3.8) is 0 Å². The molecule has 0 aromatic heterocycles. The molecule has 100 valence electrons. The van der Waals surface area contributed by atoms with Gasteiger partial charge in [0.2, 0.25) is 0 Å². The van der Waals surface area contributed by atoms with E-state index in [4.69, 9.17) is 0 Å². The second kappa shape index (κ2) is 4.05. The first-order valence-electron chi connectivity index (χ1n) is 5.62. The summed E-state index contributed by atoms with van der Waals surface area (Å²) in [7, 11) is 0. The van der Waals surface area contributed by atoms with Crippen molar-refractivity contribution < 1.29 is 22.0 Å². The first-order chi connectivity index (χ1) is 7.70. The summed E-state index contributed by atoms with van der Waals surface area (Å²) >= 11 is 0. The summed E-state index contributed by atoms with van der Waals surface area (Å²) in [5.74, 6) is -2.72. The molecule has 7 heteroatoms. The molecule has 2 aliphatic rings. The largest absolute Gasteiger partial charge is 0.401 e. The SMILES string of the molecule is FC(F)(F)CN1CCC2(CC1)CC(F)(F)CN2. The fourth-order valence-electron chi connectivity index (χ4n) is 2.68. The van der Waals surface area contributed by atoms with Crippen molar-refractivity contribution in [2.45, 2.75) is 36.9 Å². The fraction of sp³-hybridized carbons (Fsp3) is 1.00. The minimum absolute atomic E-state index is 0.225. The average Bonchev–Trinajstić information content (AvgIpc) is 2.45. The molecule has 2 heterocycles. The van der Waals surface area contributed by atoms with E-state index in [2.05, 4.69) is 5.32 Å². The Morgan fingerprint density at radius 3 is 2.12 bits per heavy atom. The molecular formula is C10H15F5N2. The molecule has 0 saturated carbocycles. The Balaban J connectivity index is 1.86. The zero-order chi connectivity index (χ0) is 12.7. The fourth-order valence-corrected chi connectivity index (χ4v) is 2.68. The first-order valence-corrected chi connectivity index (χ1v) is 5.62. The Kier molecular flexibility index (Phi) is 3.10. The van der Waals surface area contributed by atoms with Crippen LogP contribution in [0.5, 0.6) is 0 Å². The minimum Gasteiger partial charge on any atom is -0.305 e. The smallest absolute Gasteiger partial charge is 0.305 e. The highest BCUT2D eigenvalue weighted by molar-refractivity contribution is 5.03. The van der Waals surface area contributed by atoms with Gasteiger partial charge in [0.25, 0.3) is 5.92 Å². The van der Waals surface area contributed by atoms with E-state index in [-0.39, 0.29) is 26.1 Å². The van der Waals surface area contributed by atoms with Crippen molar-refractivity contribution >= 4 is 0 Å². The molecule has 2 fully saturated rings. The maximum atomic E-state index is 13.1. The lowest BCUT2D eigenvalue weighted by Crippen LogP contribution is -2.51. The molecule has 0 unspecified atom stereocenters. The first kappa shape index (κ1) is 13.0. The Morgan fingerprint density at radius 1 is 1.12 bits per heavy atom. The number of halogens is 5. The van der Waals surface area contributed by atoms with Gasteiger partial charge in [0.05, 0.1) is 13.1 Å². The van der Waals surface area contributed by atoms with Gasteiger partial charge in [0.1, 0.15) is 0 Å². The van der Waals surface area contributed by atoms with Gasteiger partial charge in [-0.25, -0.2) is 8.78 Å². The highest BCUT2D eigenvalue weighted by Crippen LogP contribution is 2.39. The Morgan fingerprint density at radius 2 is 1.71 bits per heavy atom. The number of likely N-dealkylation sites (tertiary alicyclic amines) is 1. The van der Waals surface area contributed by atoms with E-state index in [1.807, 2.05) is 0 Å². The quantitative estimate of drug-likeness (QED) is 0.724. The molecule has 0 aliphatic carbocycles. The molecule has 0 atom stereocenters. The van der Waals surface area contributed by atoms with Crippen molar-refractivity contribution in [3.05, 3.63) is 0 Å². The van der Waals surface area contributed by atoms with Crippen molar-refractivity contribution in [2.75, 3.05) is 26.2 Å². The maximum Gasteiger partial charge on any atom is 0.401 e. The minimum atomic E-state index is -4.21. The Bertz CT molecular complexity index is 281. The molecule has 1 N–H and O–H groups in total. The molecule has 17 heavy (non-hydrogen) atoms. The van der Waals surface area contributed by atoms with Crippen LogP contribution in [0.4, 0.5) is 22.0 Å². The summed E-state index contributed by atoms with van der Waals surface area (Å²) in [5.41, 5.74) is -0.647. The van der Waals surface area contributed by atoms with Crippen molar-refractivity contribution in [2.24, 2.45) is 0 Å². The van der Waals surface area contributed by atoms with Crippen molar-refractivity contribution in [1.82, 2.24) is 10.2 Å². The monoisotopic (exact) mass is 258 g/mol. The summed E-state index contributed by atoms with van der Waals surface area (Å²) in [5, 5.41) is 2.79. The van der Waals surface area contributed by atoms with Crippen LogP contribution in [0.3, 0.4) is 0 Å². The molecule has 2 aliphatic heterocycles. The van der Waals surface area contributed by atoms with Gasteiger partial charge in [-0.05, 0) is 12.8 Å². The standard InChI is InChI=1S/C10H15F5N2/c11-9(12)5-8(16-6-9)1-3-17(4-2-8)7-10(13,14)15/h16H,1-7H2. The molecule has 0 amide bonds. The van der Waals surface area contributed by atoms with Crippen LogP contribution in [-0.4, -0.2) is 48.7 Å². The van der Waals surface area contributed by atoms with Gasteiger partial charge in [0.15, 0.2) is 0 Å². The summed E-state index contributed by atoms with van der Waals surface area (Å²) in [4.78, 5) is 1.28. The highest BCUT2D eigenvalue weighted by Gasteiger charge is 2.50. The molecule has 2 nitrogen and oxygen atoms in total. The van der Waals surface area contributed by atoms with E-state index in [0.29, 0.717) is 12.8 Å². The molecule has 0 aromatic rings. The van der Waals surface area contributed by atoms with Crippen LogP contribution < -0.4 is 5.32 Å². The van der Waals surface area contributed by atoms with Gasteiger partial charge < -0.3 is 5.32 Å². The lowest BCUT2D eigenvalue weighted by atomic mass is 9.85. The lowest BCUT2D eigenvalue weighted by molar-refractivity contribution is -0.149. The number of rotatable bonds is 1. The van der Waals surface area contributed by atoms with Gasteiger partial charge in [0, 0.05) is 25.0 Å². The number of nitrogens with zero attached hydrogens (tertiary/aromatic N) is 1. The lowest BCUT2D eigenvalue weighted by Gasteiger charge is -2.39. The number of alkyl halides is 5. The van der Waals surface area contributed by atoms with Crippen molar-refractivity contribution in [1.29, 1.82) is 0 Å². The van der Waals surface area contributed by atoms with Crippen LogP contribution in [0.25, 0.3) is 0 Å². The van der Waals surface area contributed by atoms with E-state index < -0.39 is 24.2 Å². The Hall–Kier alpha value is -0.430. The molecule has 0 radical (unpaired) electrons. The highest BCUT2D eigenvalue weighted by atomic mass is 19.4. The van der Waals surface area contributed by atoms with Crippen LogP contribution in [0, 0.1) is 0 Å². The van der Waals surface area contributed by atoms with Gasteiger partial charge in [-0.3, -0.25) is 4.90 Å². The van der Waals surface area contributed by atoms with Crippen molar-refractivity contribution in [3.8, 4) is 0 Å². The second-order valence-electron chi connectivity index (χ2n) is 5.06. The second-order valence-corrected chi connectivity index (χ2v) is 5.06. The molecule has 0 bridgehead atoms. The predicted octanol–water partition coefficient (Wildman–Crippen LogP) is 2.01. The van der Waals surface area contributed by atoms with Gasteiger partial charge in [-0.1, -0.05) is 0 Å². The van der Waals surface area contributed by atoms with Gasteiger partial charge in [-0.15, -0.1) is 0 Å². The van der Waals surface area contributed by atoms with Gasteiger partial charge >= 0.3 is 6.18 Å². The van der Waals surface area contributed by atoms with Crippen LogP contribution in [0.15, 0.2) is 0 Å². The van der Waals surface area contributed by atoms with Crippen LogP contribution in [0.1, 0.15) is 19.3 Å². The van der Waals surface area contributed by atoms with E-state index in [9.17, 15) is 22.0 Å². The average molecular weight is 258 g/mol. The number of piperidine rings is 1. The van der Waals surface area contributed by atoms with Gasteiger partial charge in [-0.2, -0.15) is 13.2 Å². The number of hydrogen-bond donors (Lipinski definition) is 1. The van der Waals surface area contributed by atoms with E-state index in [1.54, 1.807) is 0 Å². The maximum absolute atomic E-state index is 13.1. The third-order valence-corrected chi connectivity index (χ3v) is 3.54. The molecule has 2 saturated heterocycles. The summed E-state index contributed by atoms with van der Waals surface area (Å²) < 4.78 is 62.6. The normalized spacial score (nSPS) is 28.8. The van der Waals surface area contributed by atoms with Crippen LogP contribution in [0.2, 0.25) is 0 Å². The zero-order valence-corrected chi connectivity index (χ0v) is 9.29. The summed E-state index contributed by atoms with van der Waals surface area (Å²) in [6.07, 6.45) is -3.74. The number of nitrogens with one attached hydrogen (secondary N) is 1. The van der Waals surface area contributed by atoms with E-state index in [0.717, 1.165) is 0 Å². The third-order valence-electron chi connectivity index (χ3n) is 3.54. The summed E-state index contributed by atoms with van der Waals surface area (Å²) in [6.45, 7) is -0.850. The molecule has 2 rings (SSSR count). The topological polar surface area (TPSA) is 15.3 Å². The summed E-state index contributed by atoms with van der Waals surface area (Å²) in [6, 6.07) is 0. The Labute approximate surface area is 96.1 Å². The van der Waals surface area contributed by atoms with E-state index in [1.165, 1.54) is 4.90 Å². The zero-order valence-electron chi connectivity index (χ0n) is 9.29. The predicted molar refractivity (Wildman–Crippen MR) is 52.0 cm³/mol. The molecular weight excluding hydrogens is 243 g/mol. The van der Waals surface area contributed by atoms with Crippen LogP contribution >= 0.6 is 0 Å². The molecule has 1 spiro atoms. The third kappa shape index (κ3) is 3.28. The number of hydrogen-bond acceptors (Lipinski definition) is 2. The van der Waals surface area contributed by atoms with E-state index >= 15 is 0 Å². The van der Waals surface area contributed by atoms with Crippen LogP contribution in [-0.2, 0) is 0 Å². The molecule has 0 aromatic carbocycles.